The first kappa shape index (κ1) is 31.1. The van der Waals surface area contributed by atoms with Crippen molar-refractivity contribution in [3.63, 3.8) is 0 Å². The molecule has 10 nitrogen and oxygen atoms in total. The minimum absolute atomic E-state index is 0.114. The summed E-state index contributed by atoms with van der Waals surface area (Å²) in [5.74, 6) is -1.98. The van der Waals surface area contributed by atoms with Crippen LogP contribution < -0.4 is 14.8 Å². The number of para-hydroxylation sites is 1. The number of nitrogens with one attached hydrogen (secondary N) is 1. The first-order chi connectivity index (χ1) is 22.2. The maximum absolute atomic E-state index is 15.0. The quantitative estimate of drug-likeness (QED) is 0.120. The summed E-state index contributed by atoms with van der Waals surface area (Å²) in [4.78, 5) is 19.5. The number of aromatic nitrogens is 6. The Morgan fingerprint density at radius 3 is 2.50 bits per heavy atom. The van der Waals surface area contributed by atoms with Crippen molar-refractivity contribution in [1.82, 2.24) is 34.6 Å². The number of benzene rings is 2. The molecule has 1 aliphatic heterocycles. The number of anilines is 2. The third-order valence-corrected chi connectivity index (χ3v) is 7.42. The molecule has 3 aromatic heterocycles. The van der Waals surface area contributed by atoms with E-state index in [0.717, 1.165) is 12.1 Å². The molecule has 2 aromatic carbocycles. The highest BCUT2D eigenvalue weighted by Crippen LogP contribution is 2.32. The van der Waals surface area contributed by atoms with Crippen LogP contribution >= 0.6 is 0 Å². The highest BCUT2D eigenvalue weighted by atomic mass is 19.3. The Balaban J connectivity index is 1.27. The number of ether oxygens (including phenoxy) is 2. The second kappa shape index (κ2) is 13.3. The van der Waals surface area contributed by atoms with Crippen molar-refractivity contribution in [3.8, 4) is 23.0 Å². The zero-order valence-electron chi connectivity index (χ0n) is 25.3. The molecule has 5 aromatic rings. The third kappa shape index (κ3) is 7.01. The first-order valence-corrected chi connectivity index (χ1v) is 14.9. The largest absolute Gasteiger partial charge is 0.494 e. The minimum Gasteiger partial charge on any atom is -0.494 e. The second-order valence-corrected chi connectivity index (χ2v) is 11.0. The van der Waals surface area contributed by atoms with Crippen LogP contribution in [0, 0.1) is 18.6 Å². The zero-order chi connectivity index (χ0) is 32.3. The Kier molecular flexibility index (Phi) is 8.97. The molecule has 6 rings (SSSR count). The maximum Gasteiger partial charge on any atom is 0.272 e. The van der Waals surface area contributed by atoms with Crippen molar-refractivity contribution in [2.24, 2.45) is 0 Å². The number of aryl methyl sites for hydroxylation is 1. The molecule has 0 amide bonds. The van der Waals surface area contributed by atoms with Gasteiger partial charge in [-0.15, -0.1) is 0 Å². The number of rotatable bonds is 13. The molecule has 0 saturated carbocycles. The molecule has 1 fully saturated rings. The van der Waals surface area contributed by atoms with E-state index in [-0.39, 0.29) is 43.4 Å². The van der Waals surface area contributed by atoms with E-state index < -0.39 is 17.6 Å². The molecule has 0 atom stereocenters. The van der Waals surface area contributed by atoms with Gasteiger partial charge in [-0.1, -0.05) is 18.2 Å². The van der Waals surface area contributed by atoms with E-state index in [2.05, 4.69) is 25.4 Å². The molecule has 0 radical (unpaired) electrons. The van der Waals surface area contributed by atoms with Crippen LogP contribution in [0.3, 0.4) is 0 Å². The fourth-order valence-electron chi connectivity index (χ4n) is 5.26. The normalized spacial score (nSPS) is 14.3. The van der Waals surface area contributed by atoms with Crippen LogP contribution in [-0.2, 0) is 6.54 Å². The first-order valence-electron chi connectivity index (χ1n) is 14.9. The molecular weight excluding hydrogens is 604 g/mol. The topological polar surface area (TPSA) is 103 Å². The van der Waals surface area contributed by atoms with E-state index in [4.69, 9.17) is 14.5 Å². The van der Waals surface area contributed by atoms with Gasteiger partial charge in [0.15, 0.2) is 17.4 Å². The predicted molar refractivity (Wildman–Crippen MR) is 164 cm³/mol. The van der Waals surface area contributed by atoms with E-state index in [1.165, 1.54) is 10.9 Å². The van der Waals surface area contributed by atoms with Crippen LogP contribution in [-0.4, -0.2) is 73.4 Å². The van der Waals surface area contributed by atoms with E-state index in [1.807, 2.05) is 18.2 Å². The highest BCUT2D eigenvalue weighted by Gasteiger charge is 2.43. The average Bonchev–Trinajstić information content (AvgIpc) is 3.37. The number of unbranched alkanes of at least 4 members (excludes halogenated alkanes) is 1. The van der Waals surface area contributed by atoms with Crippen molar-refractivity contribution in [2.45, 2.75) is 39.2 Å². The molecule has 1 saturated heterocycles. The molecule has 0 unspecified atom stereocenters. The lowest BCUT2D eigenvalue weighted by molar-refractivity contribution is -0.130. The van der Waals surface area contributed by atoms with E-state index >= 15 is 0 Å². The van der Waals surface area contributed by atoms with Crippen LogP contribution in [0.25, 0.3) is 22.4 Å². The Labute approximate surface area is 262 Å². The fourth-order valence-corrected chi connectivity index (χ4v) is 5.26. The number of fused-ring (bicyclic) bond motifs is 1. The van der Waals surface area contributed by atoms with Gasteiger partial charge in [-0.2, -0.15) is 5.10 Å². The van der Waals surface area contributed by atoms with Crippen molar-refractivity contribution >= 4 is 22.5 Å². The van der Waals surface area contributed by atoms with Gasteiger partial charge < -0.3 is 14.8 Å². The van der Waals surface area contributed by atoms with Crippen molar-refractivity contribution in [1.29, 1.82) is 0 Å². The van der Waals surface area contributed by atoms with Crippen LogP contribution in [0.2, 0.25) is 0 Å². The summed E-state index contributed by atoms with van der Waals surface area (Å²) in [5, 5.41) is 8.54. The van der Waals surface area contributed by atoms with Gasteiger partial charge in [-0.3, -0.25) is 9.58 Å². The summed E-state index contributed by atoms with van der Waals surface area (Å²) in [6.07, 6.45) is 4.47. The number of hydrogen-bond acceptors (Lipinski definition) is 9. The molecular formula is C32H32F4N8O2. The number of alkyl halides is 2. The van der Waals surface area contributed by atoms with E-state index in [9.17, 15) is 17.6 Å². The fraction of sp³-hybridized carbons (Fsp3) is 0.344. The summed E-state index contributed by atoms with van der Waals surface area (Å²) in [6.45, 7) is 4.09. The number of nitrogens with zero attached hydrogens (tertiary/aromatic N) is 7. The summed E-state index contributed by atoms with van der Waals surface area (Å²) < 4.78 is 68.9. The molecule has 4 heterocycles. The van der Waals surface area contributed by atoms with E-state index in [1.54, 1.807) is 37.1 Å². The van der Waals surface area contributed by atoms with Crippen molar-refractivity contribution in [2.75, 3.05) is 38.2 Å². The molecule has 14 heteroatoms. The second-order valence-electron chi connectivity index (χ2n) is 11.0. The molecule has 46 heavy (non-hydrogen) atoms. The molecule has 0 bridgehead atoms. The molecule has 1 N–H and O–H groups in total. The Morgan fingerprint density at radius 2 is 1.76 bits per heavy atom. The van der Waals surface area contributed by atoms with Crippen LogP contribution in [0.1, 0.15) is 31.2 Å². The SMILES string of the molecule is CCOc1cc(F)c(Cn2nc(-c3ncc(OCCCCN4CC(F)(F)C4)c(Nc4ccnc(C)n4)n3)c3ccccc32)c(F)c1. The van der Waals surface area contributed by atoms with Gasteiger partial charge in [0.2, 0.25) is 0 Å². The highest BCUT2D eigenvalue weighted by molar-refractivity contribution is 5.92. The van der Waals surface area contributed by atoms with Crippen LogP contribution in [0.5, 0.6) is 11.5 Å². The zero-order valence-corrected chi connectivity index (χ0v) is 25.3. The van der Waals surface area contributed by atoms with Gasteiger partial charge in [0.05, 0.1) is 44.6 Å². The summed E-state index contributed by atoms with van der Waals surface area (Å²) in [6, 6.07) is 11.3. The summed E-state index contributed by atoms with van der Waals surface area (Å²) in [7, 11) is 0. The Bertz CT molecular complexity index is 1820. The number of halogens is 4. The smallest absolute Gasteiger partial charge is 0.272 e. The minimum atomic E-state index is -2.58. The summed E-state index contributed by atoms with van der Waals surface area (Å²) >= 11 is 0. The molecule has 1 aliphatic rings. The van der Waals surface area contributed by atoms with Gasteiger partial charge in [-0.25, -0.2) is 37.5 Å². The van der Waals surface area contributed by atoms with Crippen LogP contribution in [0.4, 0.5) is 29.2 Å². The number of hydrogen-bond donors (Lipinski definition) is 1. The van der Waals surface area contributed by atoms with Crippen molar-refractivity contribution in [3.05, 3.63) is 77.9 Å². The average molecular weight is 637 g/mol. The lowest BCUT2D eigenvalue weighted by Crippen LogP contribution is -2.56. The van der Waals surface area contributed by atoms with Gasteiger partial charge in [-0.05, 0) is 45.4 Å². The molecule has 0 aliphatic carbocycles. The monoisotopic (exact) mass is 636 g/mol. The number of likely N-dealkylation sites (tertiary alicyclic amines) is 1. The van der Waals surface area contributed by atoms with Gasteiger partial charge in [0.25, 0.3) is 5.92 Å². The standard InChI is InChI=1S/C32H32F4N8O2/c1-3-45-21-14-24(33)23(25(34)15-21)17-44-26-9-5-4-8-22(26)29(42-44)31-38-16-27(30(41-31)40-28-10-11-37-20(2)39-28)46-13-7-6-12-43-18-32(35,36)19-43/h4-5,8-11,14-16H,3,6-7,12-13,17-19H2,1-2H3,(H,37,38,39,40,41). The predicted octanol–water partition coefficient (Wildman–Crippen LogP) is 6.17. The lowest BCUT2D eigenvalue weighted by Gasteiger charge is -2.38. The summed E-state index contributed by atoms with van der Waals surface area (Å²) in [5.41, 5.74) is 0.884. The lowest BCUT2D eigenvalue weighted by atomic mass is 10.1. The van der Waals surface area contributed by atoms with Crippen molar-refractivity contribution < 1.29 is 27.0 Å². The van der Waals surface area contributed by atoms with E-state index in [0.29, 0.717) is 65.8 Å². The van der Waals surface area contributed by atoms with Gasteiger partial charge in [0, 0.05) is 29.3 Å². The van der Waals surface area contributed by atoms with Crippen LogP contribution in [0.15, 0.2) is 54.9 Å². The van der Waals surface area contributed by atoms with Gasteiger partial charge in [0.1, 0.15) is 34.7 Å². The maximum atomic E-state index is 15.0. The third-order valence-electron chi connectivity index (χ3n) is 7.42. The Hall–Kier alpha value is -4.85. The van der Waals surface area contributed by atoms with Gasteiger partial charge >= 0.3 is 0 Å². The molecule has 240 valence electrons. The molecule has 0 spiro atoms. The Morgan fingerprint density at radius 1 is 0.978 bits per heavy atom.